The first-order chi connectivity index (χ1) is 11.5. The SMILES string of the molecule is CCCOc1c(Br)cc(/C=C/c2onc(C)c2[N+](=O)[O-])cc1OC. The minimum atomic E-state index is -0.510. The number of nitrogens with zero attached hydrogens (tertiary/aromatic N) is 2. The van der Waals surface area contributed by atoms with Crippen molar-refractivity contribution in [2.45, 2.75) is 20.3 Å². The lowest BCUT2D eigenvalue weighted by molar-refractivity contribution is -0.386. The maximum Gasteiger partial charge on any atom is 0.338 e. The number of hydrogen-bond donors (Lipinski definition) is 0. The van der Waals surface area contributed by atoms with Crippen molar-refractivity contribution < 1.29 is 18.9 Å². The van der Waals surface area contributed by atoms with Gasteiger partial charge in [0.15, 0.2) is 17.2 Å². The van der Waals surface area contributed by atoms with E-state index in [2.05, 4.69) is 21.1 Å². The van der Waals surface area contributed by atoms with Gasteiger partial charge in [-0.3, -0.25) is 10.1 Å². The Hall–Kier alpha value is -2.35. The van der Waals surface area contributed by atoms with Gasteiger partial charge in [-0.1, -0.05) is 18.2 Å². The maximum absolute atomic E-state index is 11.0. The fourth-order valence-corrected chi connectivity index (χ4v) is 2.64. The van der Waals surface area contributed by atoms with Crippen molar-refractivity contribution >= 4 is 33.8 Å². The average molecular weight is 397 g/mol. The molecule has 0 spiro atoms. The van der Waals surface area contributed by atoms with Gasteiger partial charge in [-0.2, -0.15) is 0 Å². The summed E-state index contributed by atoms with van der Waals surface area (Å²) in [5, 5.41) is 14.7. The van der Waals surface area contributed by atoms with Crippen LogP contribution in [-0.4, -0.2) is 23.8 Å². The summed E-state index contributed by atoms with van der Waals surface area (Å²) in [4.78, 5) is 10.5. The zero-order valence-corrected chi connectivity index (χ0v) is 15.1. The Morgan fingerprint density at radius 1 is 1.42 bits per heavy atom. The molecule has 0 N–H and O–H groups in total. The summed E-state index contributed by atoms with van der Waals surface area (Å²) < 4.78 is 16.7. The third-order valence-electron chi connectivity index (χ3n) is 3.17. The highest BCUT2D eigenvalue weighted by Gasteiger charge is 2.22. The highest BCUT2D eigenvalue weighted by atomic mass is 79.9. The lowest BCUT2D eigenvalue weighted by Gasteiger charge is -2.12. The molecule has 24 heavy (non-hydrogen) atoms. The molecule has 7 nitrogen and oxygen atoms in total. The van der Waals surface area contributed by atoms with E-state index in [1.165, 1.54) is 13.0 Å². The molecule has 0 radical (unpaired) electrons. The molecule has 0 aliphatic rings. The molecule has 0 fully saturated rings. The van der Waals surface area contributed by atoms with Gasteiger partial charge in [0.05, 0.1) is 23.1 Å². The summed E-state index contributed by atoms with van der Waals surface area (Å²) in [6.07, 6.45) is 4.07. The van der Waals surface area contributed by atoms with Gasteiger partial charge in [-0.25, -0.2) is 0 Å². The molecule has 1 aromatic carbocycles. The van der Waals surface area contributed by atoms with Gasteiger partial charge in [-0.15, -0.1) is 0 Å². The van der Waals surface area contributed by atoms with Crippen LogP contribution in [0.5, 0.6) is 11.5 Å². The van der Waals surface area contributed by atoms with E-state index in [9.17, 15) is 10.1 Å². The van der Waals surface area contributed by atoms with Crippen molar-refractivity contribution in [3.05, 3.63) is 43.7 Å². The van der Waals surface area contributed by atoms with Gasteiger partial charge in [0.2, 0.25) is 5.76 Å². The molecule has 0 aliphatic carbocycles. The van der Waals surface area contributed by atoms with Crippen LogP contribution in [0.15, 0.2) is 21.1 Å². The van der Waals surface area contributed by atoms with Crippen molar-refractivity contribution in [2.24, 2.45) is 0 Å². The molecule has 1 aromatic heterocycles. The van der Waals surface area contributed by atoms with E-state index in [4.69, 9.17) is 14.0 Å². The van der Waals surface area contributed by atoms with Crippen LogP contribution in [0, 0.1) is 17.0 Å². The molecule has 0 bridgehead atoms. The molecular weight excluding hydrogens is 380 g/mol. The Kier molecular flexibility index (Phi) is 5.97. The number of ether oxygens (including phenoxy) is 2. The number of hydrogen-bond acceptors (Lipinski definition) is 6. The molecule has 0 saturated heterocycles. The first-order valence-electron chi connectivity index (χ1n) is 7.27. The second kappa shape index (κ2) is 7.96. The van der Waals surface area contributed by atoms with E-state index in [0.29, 0.717) is 18.1 Å². The van der Waals surface area contributed by atoms with E-state index in [-0.39, 0.29) is 17.1 Å². The maximum atomic E-state index is 11.0. The van der Waals surface area contributed by atoms with Gasteiger partial charge >= 0.3 is 5.69 Å². The molecule has 128 valence electrons. The summed E-state index contributed by atoms with van der Waals surface area (Å²) in [7, 11) is 1.55. The molecule has 0 saturated carbocycles. The van der Waals surface area contributed by atoms with Crippen LogP contribution in [0.25, 0.3) is 12.2 Å². The van der Waals surface area contributed by atoms with E-state index >= 15 is 0 Å². The van der Waals surface area contributed by atoms with Crippen LogP contribution in [0.4, 0.5) is 5.69 Å². The smallest absolute Gasteiger partial charge is 0.338 e. The lowest BCUT2D eigenvalue weighted by atomic mass is 10.1. The average Bonchev–Trinajstić information content (AvgIpc) is 2.92. The van der Waals surface area contributed by atoms with Crippen molar-refractivity contribution in [3.8, 4) is 11.5 Å². The van der Waals surface area contributed by atoms with Crippen LogP contribution in [-0.2, 0) is 0 Å². The number of aryl methyl sites for hydroxylation is 1. The molecule has 0 amide bonds. The van der Waals surface area contributed by atoms with E-state index < -0.39 is 4.92 Å². The summed E-state index contributed by atoms with van der Waals surface area (Å²) >= 11 is 3.45. The van der Waals surface area contributed by atoms with E-state index in [1.807, 2.05) is 13.0 Å². The number of rotatable bonds is 7. The molecule has 2 aromatic rings. The quantitative estimate of drug-likeness (QED) is 0.500. The molecule has 0 unspecified atom stereocenters. The van der Waals surface area contributed by atoms with Crippen LogP contribution < -0.4 is 9.47 Å². The summed E-state index contributed by atoms with van der Waals surface area (Å²) in [6.45, 7) is 4.12. The van der Waals surface area contributed by atoms with Crippen molar-refractivity contribution in [1.29, 1.82) is 0 Å². The molecule has 1 heterocycles. The van der Waals surface area contributed by atoms with Crippen molar-refractivity contribution in [1.82, 2.24) is 5.16 Å². The zero-order chi connectivity index (χ0) is 17.7. The van der Waals surface area contributed by atoms with Crippen LogP contribution >= 0.6 is 15.9 Å². The molecule has 0 aliphatic heterocycles. The molecule has 0 atom stereocenters. The second-order valence-corrected chi connectivity index (χ2v) is 5.81. The van der Waals surface area contributed by atoms with E-state index in [1.54, 1.807) is 19.3 Å². The zero-order valence-electron chi connectivity index (χ0n) is 13.5. The highest BCUT2D eigenvalue weighted by molar-refractivity contribution is 9.10. The number of halogens is 1. The van der Waals surface area contributed by atoms with Gasteiger partial charge < -0.3 is 14.0 Å². The monoisotopic (exact) mass is 396 g/mol. The second-order valence-electron chi connectivity index (χ2n) is 4.95. The number of nitro groups is 1. The topological polar surface area (TPSA) is 87.6 Å². The predicted molar refractivity (Wildman–Crippen MR) is 93.3 cm³/mol. The van der Waals surface area contributed by atoms with Crippen LogP contribution in [0.2, 0.25) is 0 Å². The van der Waals surface area contributed by atoms with Gasteiger partial charge in [-0.05, 0) is 53.0 Å². The fraction of sp³-hybridized carbons (Fsp3) is 0.312. The standard InChI is InChI=1S/C16H17BrN2O5/c1-4-7-23-16-12(17)8-11(9-14(16)22-3)5-6-13-15(19(20)21)10(2)18-24-13/h5-6,8-9H,4,7H2,1-3H3/b6-5+. The van der Waals surface area contributed by atoms with Gasteiger partial charge in [0.25, 0.3) is 0 Å². The lowest BCUT2D eigenvalue weighted by Crippen LogP contribution is -1.99. The Labute approximate surface area is 147 Å². The van der Waals surface area contributed by atoms with Crippen LogP contribution in [0.3, 0.4) is 0 Å². The predicted octanol–water partition coefficient (Wildman–Crippen LogP) is 4.62. The van der Waals surface area contributed by atoms with Gasteiger partial charge in [0, 0.05) is 0 Å². The Morgan fingerprint density at radius 3 is 2.79 bits per heavy atom. The fourth-order valence-electron chi connectivity index (χ4n) is 2.07. The van der Waals surface area contributed by atoms with Crippen molar-refractivity contribution in [2.75, 3.05) is 13.7 Å². The first kappa shape index (κ1) is 18.0. The third-order valence-corrected chi connectivity index (χ3v) is 3.76. The van der Waals surface area contributed by atoms with Crippen LogP contribution in [0.1, 0.15) is 30.4 Å². The minimum absolute atomic E-state index is 0.0962. The summed E-state index contributed by atoms with van der Waals surface area (Å²) in [5.74, 6) is 1.29. The summed E-state index contributed by atoms with van der Waals surface area (Å²) in [6, 6.07) is 3.61. The third kappa shape index (κ3) is 3.94. The molecule has 8 heteroatoms. The highest BCUT2D eigenvalue weighted by Crippen LogP contribution is 2.37. The Morgan fingerprint density at radius 2 is 2.17 bits per heavy atom. The number of benzene rings is 1. The largest absolute Gasteiger partial charge is 0.493 e. The Bertz CT molecular complexity index is 770. The minimum Gasteiger partial charge on any atom is -0.493 e. The first-order valence-corrected chi connectivity index (χ1v) is 8.06. The van der Waals surface area contributed by atoms with Crippen molar-refractivity contribution in [3.63, 3.8) is 0 Å². The number of methoxy groups -OCH3 is 1. The molecular formula is C16H17BrN2O5. The molecule has 2 rings (SSSR count). The summed E-state index contributed by atoms with van der Waals surface area (Å²) in [5.41, 5.74) is 0.868. The number of aromatic nitrogens is 1. The van der Waals surface area contributed by atoms with E-state index in [0.717, 1.165) is 16.5 Å². The van der Waals surface area contributed by atoms with Gasteiger partial charge in [0.1, 0.15) is 0 Å². The normalized spacial score (nSPS) is 11.0. The Balaban J connectivity index is 2.33.